The van der Waals surface area contributed by atoms with E-state index in [0.29, 0.717) is 0 Å². The maximum absolute atomic E-state index is 12.8. The van der Waals surface area contributed by atoms with Crippen LogP contribution in [-0.2, 0) is 0 Å². The predicted octanol–water partition coefficient (Wildman–Crippen LogP) is 2.67. The lowest BCUT2D eigenvalue weighted by Gasteiger charge is -2.07. The summed E-state index contributed by atoms with van der Waals surface area (Å²) < 4.78 is 50.6. The molecule has 1 rings (SSSR count). The van der Waals surface area contributed by atoms with Crippen LogP contribution in [0, 0.1) is 23.3 Å². The predicted molar refractivity (Wildman–Crippen MR) is 40.4 cm³/mol. The fourth-order valence-corrected chi connectivity index (χ4v) is 0.905. The van der Waals surface area contributed by atoms with Crippen molar-refractivity contribution in [1.82, 2.24) is 0 Å². The van der Waals surface area contributed by atoms with Gasteiger partial charge in [-0.25, -0.2) is 17.6 Å². The summed E-state index contributed by atoms with van der Waals surface area (Å²) in [6, 6.07) is 0.172. The minimum atomic E-state index is -1.41. The van der Waals surface area contributed by atoms with E-state index in [0.717, 1.165) is 0 Å². The molecule has 0 spiro atoms. The van der Waals surface area contributed by atoms with E-state index in [1.165, 1.54) is 0 Å². The number of hydrogen-bond acceptors (Lipinski definition) is 1. The molecule has 0 aliphatic heterocycles. The van der Waals surface area contributed by atoms with E-state index in [1.54, 1.807) is 6.92 Å². The quantitative estimate of drug-likeness (QED) is 0.562. The van der Waals surface area contributed by atoms with Crippen molar-refractivity contribution < 1.29 is 17.6 Å². The molecule has 0 saturated heterocycles. The SMILES string of the molecule is CCNc1c(F)c(F)cc(F)c1F. The van der Waals surface area contributed by atoms with Crippen LogP contribution in [0.4, 0.5) is 23.2 Å². The molecule has 0 aliphatic rings. The van der Waals surface area contributed by atoms with Gasteiger partial charge in [0.15, 0.2) is 23.3 Å². The second kappa shape index (κ2) is 3.64. The van der Waals surface area contributed by atoms with Gasteiger partial charge in [0.1, 0.15) is 5.69 Å². The molecule has 1 N–H and O–H groups in total. The third-order valence-electron chi connectivity index (χ3n) is 1.47. The van der Waals surface area contributed by atoms with Crippen molar-refractivity contribution in [2.45, 2.75) is 6.92 Å². The van der Waals surface area contributed by atoms with Crippen LogP contribution in [0.3, 0.4) is 0 Å². The molecule has 5 heteroatoms. The van der Waals surface area contributed by atoms with Crippen molar-refractivity contribution in [1.29, 1.82) is 0 Å². The van der Waals surface area contributed by atoms with E-state index < -0.39 is 29.0 Å². The molecule has 0 fully saturated rings. The lowest BCUT2D eigenvalue weighted by molar-refractivity contribution is 0.458. The second-order valence-corrected chi connectivity index (χ2v) is 2.37. The van der Waals surface area contributed by atoms with Crippen LogP contribution in [0.15, 0.2) is 6.07 Å². The topological polar surface area (TPSA) is 12.0 Å². The molecule has 0 atom stereocenters. The van der Waals surface area contributed by atoms with E-state index in [-0.39, 0.29) is 12.6 Å². The van der Waals surface area contributed by atoms with Crippen LogP contribution in [-0.4, -0.2) is 6.54 Å². The maximum Gasteiger partial charge on any atom is 0.185 e. The normalized spacial score (nSPS) is 10.2. The zero-order valence-electron chi connectivity index (χ0n) is 6.80. The number of benzene rings is 1. The van der Waals surface area contributed by atoms with Crippen LogP contribution < -0.4 is 5.32 Å². The van der Waals surface area contributed by atoms with Gasteiger partial charge in [-0.2, -0.15) is 0 Å². The summed E-state index contributed by atoms with van der Waals surface area (Å²) in [5, 5.41) is 2.20. The Balaban J connectivity index is 3.28. The van der Waals surface area contributed by atoms with E-state index in [2.05, 4.69) is 5.32 Å². The van der Waals surface area contributed by atoms with Gasteiger partial charge in [0, 0.05) is 12.6 Å². The Morgan fingerprint density at radius 1 is 1.08 bits per heavy atom. The molecule has 0 amide bonds. The molecule has 1 nitrogen and oxygen atoms in total. The zero-order chi connectivity index (χ0) is 10.0. The fourth-order valence-electron chi connectivity index (χ4n) is 0.905. The van der Waals surface area contributed by atoms with E-state index in [1.807, 2.05) is 0 Å². The zero-order valence-corrected chi connectivity index (χ0v) is 6.80. The number of hydrogen-bond donors (Lipinski definition) is 1. The van der Waals surface area contributed by atoms with Gasteiger partial charge in [-0.15, -0.1) is 0 Å². The van der Waals surface area contributed by atoms with Gasteiger partial charge in [-0.05, 0) is 6.92 Å². The highest BCUT2D eigenvalue weighted by atomic mass is 19.2. The van der Waals surface area contributed by atoms with E-state index in [9.17, 15) is 17.6 Å². The Kier molecular flexibility index (Phi) is 2.75. The van der Waals surface area contributed by atoms with Gasteiger partial charge in [-0.3, -0.25) is 0 Å². The third kappa shape index (κ3) is 1.74. The lowest BCUT2D eigenvalue weighted by Crippen LogP contribution is -2.06. The van der Waals surface area contributed by atoms with Crippen LogP contribution in [0.5, 0.6) is 0 Å². The third-order valence-corrected chi connectivity index (χ3v) is 1.47. The summed E-state index contributed by atoms with van der Waals surface area (Å²) in [5.74, 6) is -5.62. The Bertz CT molecular complexity index is 298. The standard InChI is InChI=1S/C8H7F4N/c1-2-13-8-6(11)4(9)3-5(10)7(8)12/h3,13H,2H2,1H3. The Morgan fingerprint density at radius 3 is 1.92 bits per heavy atom. The smallest absolute Gasteiger partial charge is 0.185 e. The molecule has 0 bridgehead atoms. The minimum Gasteiger partial charge on any atom is -0.380 e. The Morgan fingerprint density at radius 2 is 1.54 bits per heavy atom. The molecule has 1 aromatic rings. The van der Waals surface area contributed by atoms with Gasteiger partial charge >= 0.3 is 0 Å². The summed E-state index contributed by atoms with van der Waals surface area (Å²) in [6.45, 7) is 1.73. The molecular formula is C8H7F4N. The van der Waals surface area contributed by atoms with Crippen LogP contribution >= 0.6 is 0 Å². The monoisotopic (exact) mass is 193 g/mol. The molecule has 0 heterocycles. The summed E-state index contributed by atoms with van der Waals surface area (Å²) >= 11 is 0. The average molecular weight is 193 g/mol. The molecule has 0 aliphatic carbocycles. The number of halogens is 4. The molecular weight excluding hydrogens is 186 g/mol. The summed E-state index contributed by atoms with van der Waals surface area (Å²) in [6.07, 6.45) is 0. The fraction of sp³-hybridized carbons (Fsp3) is 0.250. The first-order chi connectivity index (χ1) is 6.07. The van der Waals surface area contributed by atoms with Crippen LogP contribution in [0.1, 0.15) is 6.92 Å². The molecule has 0 aromatic heterocycles. The van der Waals surface area contributed by atoms with Crippen LogP contribution in [0.25, 0.3) is 0 Å². The number of nitrogens with one attached hydrogen (secondary N) is 1. The first-order valence-corrected chi connectivity index (χ1v) is 3.64. The second-order valence-electron chi connectivity index (χ2n) is 2.37. The summed E-state index contributed by atoms with van der Waals surface area (Å²) in [7, 11) is 0. The first kappa shape index (κ1) is 9.83. The Labute approximate surface area is 72.4 Å². The van der Waals surface area contributed by atoms with Crippen molar-refractivity contribution in [3.63, 3.8) is 0 Å². The van der Waals surface area contributed by atoms with Crippen molar-refractivity contribution in [3.8, 4) is 0 Å². The minimum absolute atomic E-state index is 0.172. The number of rotatable bonds is 2. The average Bonchev–Trinajstić information content (AvgIpc) is 2.09. The van der Waals surface area contributed by atoms with Crippen molar-refractivity contribution in [2.24, 2.45) is 0 Å². The van der Waals surface area contributed by atoms with E-state index in [4.69, 9.17) is 0 Å². The lowest BCUT2D eigenvalue weighted by atomic mass is 10.2. The molecule has 0 radical (unpaired) electrons. The van der Waals surface area contributed by atoms with E-state index >= 15 is 0 Å². The van der Waals surface area contributed by atoms with Crippen molar-refractivity contribution in [3.05, 3.63) is 29.3 Å². The maximum atomic E-state index is 12.8. The van der Waals surface area contributed by atoms with Crippen LogP contribution in [0.2, 0.25) is 0 Å². The molecule has 13 heavy (non-hydrogen) atoms. The largest absolute Gasteiger partial charge is 0.380 e. The van der Waals surface area contributed by atoms with Gasteiger partial charge < -0.3 is 5.32 Å². The van der Waals surface area contributed by atoms with Gasteiger partial charge in [0.25, 0.3) is 0 Å². The van der Waals surface area contributed by atoms with Crippen molar-refractivity contribution in [2.75, 3.05) is 11.9 Å². The summed E-state index contributed by atoms with van der Waals surface area (Å²) in [5.41, 5.74) is -0.764. The molecule has 1 aromatic carbocycles. The van der Waals surface area contributed by atoms with Gasteiger partial charge in [0.05, 0.1) is 0 Å². The highest BCUT2D eigenvalue weighted by Crippen LogP contribution is 2.23. The molecule has 0 saturated carbocycles. The molecule has 72 valence electrons. The van der Waals surface area contributed by atoms with Gasteiger partial charge in [-0.1, -0.05) is 0 Å². The number of anilines is 1. The molecule has 0 unspecified atom stereocenters. The van der Waals surface area contributed by atoms with Crippen molar-refractivity contribution >= 4 is 5.69 Å². The highest BCUT2D eigenvalue weighted by Gasteiger charge is 2.17. The first-order valence-electron chi connectivity index (χ1n) is 3.64. The summed E-state index contributed by atoms with van der Waals surface area (Å²) in [4.78, 5) is 0. The highest BCUT2D eigenvalue weighted by molar-refractivity contribution is 5.47. The Hall–Kier alpha value is -1.26. The van der Waals surface area contributed by atoms with Gasteiger partial charge in [0.2, 0.25) is 0 Å².